The number of hydrogen-bond acceptors (Lipinski definition) is 1. The number of hydrogen-bond donors (Lipinski definition) is 0. The molecule has 11 aliphatic carbocycles. The van der Waals surface area contributed by atoms with Crippen LogP contribution >= 0.6 is 0 Å². The van der Waals surface area contributed by atoms with E-state index in [1.165, 1.54) is 0 Å². The van der Waals surface area contributed by atoms with Crippen molar-refractivity contribution in [2.24, 2.45) is 107 Å². The highest BCUT2D eigenvalue weighted by Crippen LogP contribution is 2.69. The van der Waals surface area contributed by atoms with E-state index in [0.717, 1.165) is 125 Å². The molecule has 0 radical (unpaired) electrons. The molecule has 20 unspecified atom stereocenters. The molecule has 0 aromatic carbocycles. The molecular weight excluding hydrogens is 591 g/mol. The lowest BCUT2D eigenvalue weighted by Crippen LogP contribution is -2.53. The smallest absolute Gasteiger partial charge is 0.0136 e. The maximum Gasteiger partial charge on any atom is 0.0136 e. The Hall–Kier alpha value is -0.0400. The first kappa shape index (κ1) is 31.3. The second-order valence-corrected chi connectivity index (χ2v) is 22.5. The summed E-state index contributed by atoms with van der Waals surface area (Å²) >= 11 is 0. The molecule has 0 aromatic rings. The number of likely N-dealkylation sites (tertiary alicyclic amines) is 1. The minimum atomic E-state index is 0.970. The Kier molecular flexibility index (Phi) is 7.82. The standard InChI is InChI=1S/C48H75N/c1-2-10-30-24-33(23-29(30)9-1)40-25-31-11-3-4-13-35(31)42-26-32-19-21-34(27-41(32)46(40)42)49-43-18-8-17-39-37-15-6-5-14-36(37)38-16-7-12-28-20-22-44(49)48(45(28)38)47(39)43/h28-48H,1-27H2. The average Bonchev–Trinajstić information content (AvgIpc) is 3.84. The van der Waals surface area contributed by atoms with E-state index in [1.807, 2.05) is 0 Å². The van der Waals surface area contributed by atoms with Crippen LogP contribution in [0.25, 0.3) is 0 Å². The minimum Gasteiger partial charge on any atom is -0.294 e. The van der Waals surface area contributed by atoms with E-state index in [-0.39, 0.29) is 0 Å². The van der Waals surface area contributed by atoms with Gasteiger partial charge in [0.25, 0.3) is 0 Å². The first-order chi connectivity index (χ1) is 24.3. The highest BCUT2D eigenvalue weighted by molar-refractivity contribution is 5.16. The summed E-state index contributed by atoms with van der Waals surface area (Å²) in [6.07, 6.45) is 43.7. The normalized spacial score (nSPS) is 60.6. The first-order valence-corrected chi connectivity index (χ1v) is 24.1. The first-order valence-electron chi connectivity index (χ1n) is 24.1. The van der Waals surface area contributed by atoms with Gasteiger partial charge in [-0.3, -0.25) is 4.90 Å². The fourth-order valence-electron chi connectivity index (χ4n) is 20.6. The van der Waals surface area contributed by atoms with Crippen LogP contribution in [0.1, 0.15) is 173 Å². The van der Waals surface area contributed by atoms with Crippen LogP contribution in [-0.4, -0.2) is 23.0 Å². The van der Waals surface area contributed by atoms with Crippen LogP contribution in [0.2, 0.25) is 0 Å². The maximum absolute atomic E-state index is 3.52. The van der Waals surface area contributed by atoms with Gasteiger partial charge < -0.3 is 0 Å². The average molecular weight is 666 g/mol. The summed E-state index contributed by atoms with van der Waals surface area (Å²) in [5, 5.41) is 0. The lowest BCUT2D eigenvalue weighted by Gasteiger charge is -2.54. The van der Waals surface area contributed by atoms with Gasteiger partial charge in [0.05, 0.1) is 0 Å². The van der Waals surface area contributed by atoms with Gasteiger partial charge in [-0.1, -0.05) is 77.0 Å². The minimum absolute atomic E-state index is 0.970. The van der Waals surface area contributed by atoms with E-state index in [1.54, 1.807) is 173 Å². The Morgan fingerprint density at radius 1 is 0.245 bits per heavy atom. The molecule has 12 aliphatic rings. The Morgan fingerprint density at radius 3 is 1.59 bits per heavy atom. The van der Waals surface area contributed by atoms with Gasteiger partial charge in [0, 0.05) is 18.1 Å². The molecule has 12 fully saturated rings. The van der Waals surface area contributed by atoms with Crippen molar-refractivity contribution in [3.05, 3.63) is 0 Å². The molecule has 1 aliphatic heterocycles. The van der Waals surface area contributed by atoms with E-state index in [4.69, 9.17) is 0 Å². The molecule has 0 spiro atoms. The van der Waals surface area contributed by atoms with Crippen LogP contribution in [0.15, 0.2) is 0 Å². The highest BCUT2D eigenvalue weighted by atomic mass is 15.3. The molecule has 49 heavy (non-hydrogen) atoms. The largest absolute Gasteiger partial charge is 0.294 e. The number of nitrogens with zero attached hydrogens (tertiary/aromatic N) is 1. The van der Waals surface area contributed by atoms with Crippen LogP contribution in [0.4, 0.5) is 0 Å². The maximum atomic E-state index is 3.52. The van der Waals surface area contributed by atoms with Gasteiger partial charge in [0.1, 0.15) is 0 Å². The van der Waals surface area contributed by atoms with Gasteiger partial charge in [-0.25, -0.2) is 0 Å². The number of rotatable bonds is 2. The number of fused-ring (bicyclic) bond motifs is 9. The van der Waals surface area contributed by atoms with Crippen molar-refractivity contribution in [3.8, 4) is 0 Å². The molecule has 0 N–H and O–H groups in total. The Balaban J connectivity index is 0.871. The summed E-state index contributed by atoms with van der Waals surface area (Å²) in [7, 11) is 0. The monoisotopic (exact) mass is 666 g/mol. The van der Waals surface area contributed by atoms with Gasteiger partial charge in [0.15, 0.2) is 0 Å². The predicted octanol–water partition coefficient (Wildman–Crippen LogP) is 12.2. The van der Waals surface area contributed by atoms with Crippen molar-refractivity contribution in [2.45, 2.75) is 191 Å². The van der Waals surface area contributed by atoms with Crippen LogP contribution in [0.3, 0.4) is 0 Å². The summed E-state index contributed by atoms with van der Waals surface area (Å²) in [6, 6.07) is 2.97. The van der Waals surface area contributed by atoms with Crippen molar-refractivity contribution in [2.75, 3.05) is 0 Å². The van der Waals surface area contributed by atoms with E-state index >= 15 is 0 Å². The molecule has 272 valence electrons. The SMILES string of the molecule is C1CCC2CC(C3CC4CCCCC4C4CC5CCC(N6C7CCCC8C9CCCCC9C9CCCC%10CCC6C(C%109)C87)CC5C34)CC2C1. The summed E-state index contributed by atoms with van der Waals surface area (Å²) in [4.78, 5) is 3.52. The van der Waals surface area contributed by atoms with Crippen molar-refractivity contribution >= 4 is 0 Å². The zero-order valence-electron chi connectivity index (χ0n) is 31.7. The molecule has 1 heterocycles. The lowest BCUT2D eigenvalue weighted by atomic mass is 9.54. The van der Waals surface area contributed by atoms with Gasteiger partial charge in [-0.2, -0.15) is 0 Å². The molecule has 0 bridgehead atoms. The van der Waals surface area contributed by atoms with E-state index in [9.17, 15) is 0 Å². The van der Waals surface area contributed by atoms with Gasteiger partial charge in [0.2, 0.25) is 0 Å². The second kappa shape index (κ2) is 12.2. The quantitative estimate of drug-likeness (QED) is 0.284. The third-order valence-corrected chi connectivity index (χ3v) is 21.5. The van der Waals surface area contributed by atoms with Gasteiger partial charge >= 0.3 is 0 Å². The summed E-state index contributed by atoms with van der Waals surface area (Å²) in [5.41, 5.74) is 0. The fourth-order valence-corrected chi connectivity index (χ4v) is 20.6. The van der Waals surface area contributed by atoms with Crippen molar-refractivity contribution in [3.63, 3.8) is 0 Å². The third-order valence-electron chi connectivity index (χ3n) is 21.5. The molecule has 0 amide bonds. The van der Waals surface area contributed by atoms with E-state index in [2.05, 4.69) is 4.90 Å². The topological polar surface area (TPSA) is 3.24 Å². The summed E-state index contributed by atoms with van der Waals surface area (Å²) in [5.74, 6) is 20.3. The highest BCUT2D eigenvalue weighted by Gasteiger charge is 2.66. The Bertz CT molecular complexity index is 1210. The van der Waals surface area contributed by atoms with E-state index < -0.39 is 0 Å². The summed E-state index contributed by atoms with van der Waals surface area (Å²) < 4.78 is 0. The predicted molar refractivity (Wildman–Crippen MR) is 201 cm³/mol. The molecule has 12 rings (SSSR count). The third kappa shape index (κ3) is 4.69. The Morgan fingerprint density at radius 2 is 0.796 bits per heavy atom. The zero-order valence-corrected chi connectivity index (χ0v) is 31.7. The molecule has 1 saturated heterocycles. The van der Waals surface area contributed by atoms with Crippen LogP contribution in [0, 0.1) is 107 Å². The molecule has 11 saturated carbocycles. The van der Waals surface area contributed by atoms with Crippen molar-refractivity contribution in [1.29, 1.82) is 0 Å². The summed E-state index contributed by atoms with van der Waals surface area (Å²) in [6.45, 7) is 0. The van der Waals surface area contributed by atoms with Gasteiger partial charge in [-0.05, 0) is 203 Å². The van der Waals surface area contributed by atoms with Crippen LogP contribution in [-0.2, 0) is 0 Å². The van der Waals surface area contributed by atoms with Crippen molar-refractivity contribution < 1.29 is 0 Å². The second-order valence-electron chi connectivity index (χ2n) is 22.5. The zero-order chi connectivity index (χ0) is 31.8. The lowest BCUT2D eigenvalue weighted by molar-refractivity contribution is -0.0465. The molecule has 0 aromatic heterocycles. The van der Waals surface area contributed by atoms with Gasteiger partial charge in [-0.15, -0.1) is 0 Å². The molecule has 1 heteroatoms. The molecular formula is C48H75N. The van der Waals surface area contributed by atoms with E-state index in [0.29, 0.717) is 0 Å². The molecule has 1 nitrogen and oxygen atoms in total. The molecule has 20 atom stereocenters. The van der Waals surface area contributed by atoms with Crippen molar-refractivity contribution in [1.82, 2.24) is 4.90 Å². The van der Waals surface area contributed by atoms with Crippen LogP contribution < -0.4 is 0 Å². The fraction of sp³-hybridized carbons (Fsp3) is 1.00. The Labute approximate surface area is 302 Å². The van der Waals surface area contributed by atoms with Crippen LogP contribution in [0.5, 0.6) is 0 Å².